The van der Waals surface area contributed by atoms with Crippen LogP contribution in [-0.2, 0) is 27.1 Å². The van der Waals surface area contributed by atoms with E-state index in [1.54, 1.807) is 0 Å². The van der Waals surface area contributed by atoms with Gasteiger partial charge in [0.1, 0.15) is 0 Å². The predicted octanol–water partition coefficient (Wildman–Crippen LogP) is 3.46. The number of rotatable bonds is 7. The molecule has 0 aromatic heterocycles. The molecule has 31 heavy (non-hydrogen) atoms. The van der Waals surface area contributed by atoms with Gasteiger partial charge < -0.3 is 5.32 Å². The van der Waals surface area contributed by atoms with Gasteiger partial charge in [-0.3, -0.25) is 9.69 Å². The Morgan fingerprint density at radius 3 is 2.26 bits per heavy atom. The molecule has 2 aromatic carbocycles. The molecule has 2 saturated heterocycles. The van der Waals surface area contributed by atoms with E-state index in [0.29, 0.717) is 25.9 Å². The number of hydrogen-bond donors (Lipinski definition) is 1. The molecule has 0 radical (unpaired) electrons. The number of hydrogen-bond acceptors (Lipinski definition) is 4. The number of piperidine rings is 1. The van der Waals surface area contributed by atoms with E-state index in [2.05, 4.69) is 16.3 Å². The van der Waals surface area contributed by atoms with Crippen LogP contribution in [0.2, 0.25) is 0 Å². The largest absolute Gasteiger partial charge is 0.326 e. The summed E-state index contributed by atoms with van der Waals surface area (Å²) in [6.45, 7) is 3.86. The summed E-state index contributed by atoms with van der Waals surface area (Å²) >= 11 is 0. The summed E-state index contributed by atoms with van der Waals surface area (Å²) in [5.41, 5.74) is 2.80. The van der Waals surface area contributed by atoms with E-state index >= 15 is 0 Å². The minimum absolute atomic E-state index is 0.00557. The maximum Gasteiger partial charge on any atom is 0.227 e. The molecule has 0 saturated carbocycles. The predicted molar refractivity (Wildman–Crippen MR) is 123 cm³/mol. The van der Waals surface area contributed by atoms with E-state index in [-0.39, 0.29) is 17.6 Å². The van der Waals surface area contributed by atoms with Crippen molar-refractivity contribution in [1.29, 1.82) is 0 Å². The number of nitrogens with one attached hydrogen (secondary N) is 1. The van der Waals surface area contributed by atoms with Crippen molar-refractivity contribution in [3.63, 3.8) is 0 Å². The number of likely N-dealkylation sites (tertiary alicyclic amines) is 1. The van der Waals surface area contributed by atoms with E-state index in [0.717, 1.165) is 36.4 Å². The summed E-state index contributed by atoms with van der Waals surface area (Å²) in [5.74, 6) is -0.161. The fourth-order valence-electron chi connectivity index (χ4n) is 4.47. The lowest BCUT2D eigenvalue weighted by Gasteiger charge is -2.30. The quantitative estimate of drug-likeness (QED) is 0.714. The number of benzene rings is 2. The van der Waals surface area contributed by atoms with Gasteiger partial charge in [-0.05, 0) is 56.0 Å². The highest BCUT2D eigenvalue weighted by molar-refractivity contribution is 7.88. The Bertz CT molecular complexity index is 980. The van der Waals surface area contributed by atoms with Crippen molar-refractivity contribution in [2.45, 2.75) is 38.0 Å². The van der Waals surface area contributed by atoms with Crippen LogP contribution in [0, 0.1) is 5.92 Å². The van der Waals surface area contributed by atoms with Gasteiger partial charge in [0.2, 0.25) is 15.9 Å². The first-order valence-electron chi connectivity index (χ1n) is 11.1. The van der Waals surface area contributed by atoms with Crippen LogP contribution in [-0.4, -0.2) is 49.7 Å². The van der Waals surface area contributed by atoms with E-state index in [9.17, 15) is 13.2 Å². The molecular formula is C24H31N3O3S. The van der Waals surface area contributed by atoms with Crippen LogP contribution in [0.25, 0.3) is 0 Å². The molecule has 7 heteroatoms. The van der Waals surface area contributed by atoms with Gasteiger partial charge in [-0.15, -0.1) is 0 Å². The van der Waals surface area contributed by atoms with Crippen molar-refractivity contribution in [3.05, 3.63) is 65.7 Å². The van der Waals surface area contributed by atoms with Crippen LogP contribution in [0.5, 0.6) is 0 Å². The molecule has 0 aliphatic carbocycles. The first-order valence-corrected chi connectivity index (χ1v) is 12.7. The fourth-order valence-corrected chi connectivity index (χ4v) is 6.03. The third-order valence-electron chi connectivity index (χ3n) is 6.28. The van der Waals surface area contributed by atoms with Crippen LogP contribution in [0.4, 0.5) is 5.69 Å². The number of nitrogens with zero attached hydrogens (tertiary/aromatic N) is 2. The topological polar surface area (TPSA) is 69.7 Å². The van der Waals surface area contributed by atoms with Crippen LogP contribution >= 0.6 is 0 Å². The lowest BCUT2D eigenvalue weighted by molar-refractivity contribution is -0.120. The molecule has 6 nitrogen and oxygen atoms in total. The molecular weight excluding hydrogens is 410 g/mol. The Morgan fingerprint density at radius 2 is 1.55 bits per heavy atom. The summed E-state index contributed by atoms with van der Waals surface area (Å²) in [5, 5.41) is 3.11. The van der Waals surface area contributed by atoms with Gasteiger partial charge in [-0.1, -0.05) is 48.5 Å². The van der Waals surface area contributed by atoms with Gasteiger partial charge >= 0.3 is 0 Å². The summed E-state index contributed by atoms with van der Waals surface area (Å²) in [6, 6.07) is 17.2. The Kier molecular flexibility index (Phi) is 7.05. The van der Waals surface area contributed by atoms with Crippen molar-refractivity contribution < 1.29 is 13.2 Å². The minimum Gasteiger partial charge on any atom is -0.326 e. The fraction of sp³-hybridized carbons (Fsp3) is 0.458. The first-order chi connectivity index (χ1) is 15.0. The van der Waals surface area contributed by atoms with Gasteiger partial charge in [-0.2, -0.15) is 0 Å². The normalized spacial score (nSPS) is 18.8. The van der Waals surface area contributed by atoms with E-state index in [1.165, 1.54) is 17.1 Å². The second kappa shape index (κ2) is 9.94. The summed E-state index contributed by atoms with van der Waals surface area (Å²) in [6.07, 6.45) is 3.57. The van der Waals surface area contributed by atoms with Gasteiger partial charge in [-0.25, -0.2) is 12.7 Å². The van der Waals surface area contributed by atoms with Crippen LogP contribution < -0.4 is 5.32 Å². The number of carbonyl (C=O) groups is 1. The Labute approximate surface area is 185 Å². The molecule has 0 spiro atoms. The summed E-state index contributed by atoms with van der Waals surface area (Å²) < 4.78 is 27.0. The Balaban J connectivity index is 1.32. The van der Waals surface area contributed by atoms with E-state index in [4.69, 9.17) is 0 Å². The monoisotopic (exact) mass is 441 g/mol. The highest BCUT2D eigenvalue weighted by Crippen LogP contribution is 2.25. The number of anilines is 1. The number of carbonyl (C=O) groups excluding carboxylic acids is 1. The minimum atomic E-state index is -3.37. The van der Waals surface area contributed by atoms with Crippen LogP contribution in [0.1, 0.15) is 36.8 Å². The second-order valence-electron chi connectivity index (χ2n) is 8.54. The standard InChI is InChI=1S/C24H31N3O3S/c28-24(25-23-11-5-4-10-22(23)18-26-14-6-7-15-26)21-12-16-27(17-13-21)31(29,30)19-20-8-2-1-3-9-20/h1-5,8-11,21H,6-7,12-19H2,(H,25,28). The van der Waals surface area contributed by atoms with E-state index < -0.39 is 10.0 Å². The van der Waals surface area contributed by atoms with Gasteiger partial charge in [0.25, 0.3) is 0 Å². The van der Waals surface area contributed by atoms with Gasteiger partial charge in [0, 0.05) is 31.2 Å². The zero-order valence-electron chi connectivity index (χ0n) is 17.9. The van der Waals surface area contributed by atoms with Crippen molar-refractivity contribution >= 4 is 21.6 Å². The zero-order valence-corrected chi connectivity index (χ0v) is 18.7. The lowest BCUT2D eigenvalue weighted by Crippen LogP contribution is -2.42. The van der Waals surface area contributed by atoms with Crippen molar-refractivity contribution in [2.75, 3.05) is 31.5 Å². The number of sulfonamides is 1. The molecule has 2 heterocycles. The second-order valence-corrected chi connectivity index (χ2v) is 10.5. The molecule has 166 valence electrons. The average Bonchev–Trinajstić information content (AvgIpc) is 3.29. The molecule has 2 aliphatic rings. The first kappa shape index (κ1) is 22.0. The molecule has 0 bridgehead atoms. The third kappa shape index (κ3) is 5.73. The van der Waals surface area contributed by atoms with Crippen molar-refractivity contribution in [3.8, 4) is 0 Å². The van der Waals surface area contributed by atoms with Gasteiger partial charge in [0.05, 0.1) is 5.75 Å². The van der Waals surface area contributed by atoms with E-state index in [1.807, 2.05) is 48.5 Å². The Morgan fingerprint density at radius 1 is 0.903 bits per heavy atom. The molecule has 2 aliphatic heterocycles. The van der Waals surface area contributed by atoms with Crippen LogP contribution in [0.15, 0.2) is 54.6 Å². The molecule has 4 rings (SSSR count). The maximum atomic E-state index is 12.9. The van der Waals surface area contributed by atoms with Crippen molar-refractivity contribution in [2.24, 2.45) is 5.92 Å². The lowest BCUT2D eigenvalue weighted by atomic mass is 9.97. The number of amides is 1. The molecule has 0 unspecified atom stereocenters. The molecule has 0 atom stereocenters. The summed E-state index contributed by atoms with van der Waals surface area (Å²) in [7, 11) is -3.37. The highest BCUT2D eigenvalue weighted by Gasteiger charge is 2.31. The van der Waals surface area contributed by atoms with Crippen molar-refractivity contribution in [1.82, 2.24) is 9.21 Å². The zero-order chi connectivity index (χ0) is 21.7. The SMILES string of the molecule is O=C(Nc1ccccc1CN1CCCC1)C1CCN(S(=O)(=O)Cc2ccccc2)CC1. The van der Waals surface area contributed by atoms with Crippen LogP contribution in [0.3, 0.4) is 0 Å². The summed E-state index contributed by atoms with van der Waals surface area (Å²) in [4.78, 5) is 15.3. The Hall–Kier alpha value is -2.22. The maximum absolute atomic E-state index is 12.9. The molecule has 1 amide bonds. The highest BCUT2D eigenvalue weighted by atomic mass is 32.2. The molecule has 2 aromatic rings. The molecule has 2 fully saturated rings. The number of para-hydroxylation sites is 1. The molecule has 1 N–H and O–H groups in total. The average molecular weight is 442 g/mol. The van der Waals surface area contributed by atoms with Gasteiger partial charge in [0.15, 0.2) is 0 Å². The third-order valence-corrected chi connectivity index (χ3v) is 8.13. The smallest absolute Gasteiger partial charge is 0.227 e.